The molecule has 0 saturated carbocycles. The van der Waals surface area contributed by atoms with Gasteiger partial charge >= 0.3 is 0 Å². The van der Waals surface area contributed by atoms with Crippen LogP contribution in [0.25, 0.3) is 0 Å². The molecule has 52 valence electrons. The van der Waals surface area contributed by atoms with Crippen LogP contribution in [0.1, 0.15) is 27.2 Å². The van der Waals surface area contributed by atoms with Crippen LogP contribution in [0.15, 0.2) is 0 Å². The fraction of sp³-hybridized carbons (Fsp3) is 1.00. The summed E-state index contributed by atoms with van der Waals surface area (Å²) in [5, 5.41) is 16.0. The third-order valence-electron chi connectivity index (χ3n) is 0.264. The molecule has 0 heterocycles. The van der Waals surface area contributed by atoms with Gasteiger partial charge in [-0.25, -0.2) is 0 Å². The van der Waals surface area contributed by atoms with E-state index in [2.05, 4.69) is 13.8 Å². The number of rotatable bonds is 1. The largest absolute Gasteiger partial charge is 0.394 e. The fourth-order valence-electron chi connectivity index (χ4n) is 0. The Morgan fingerprint density at radius 1 is 1.38 bits per heavy atom. The van der Waals surface area contributed by atoms with Crippen LogP contribution in [-0.4, -0.2) is 22.9 Å². The molecule has 0 spiro atoms. The minimum Gasteiger partial charge on any atom is -0.394 e. The van der Waals surface area contributed by atoms with Crippen LogP contribution in [-0.2, 0) is 0 Å². The summed E-state index contributed by atoms with van der Waals surface area (Å²) in [4.78, 5) is 0. The molecule has 0 amide bonds. The van der Waals surface area contributed by atoms with Crippen LogP contribution in [0.4, 0.5) is 0 Å². The van der Waals surface area contributed by atoms with Gasteiger partial charge in [0, 0.05) is 0 Å². The molecule has 0 radical (unpaired) electrons. The summed E-state index contributed by atoms with van der Waals surface area (Å²) in [6.07, 6.45) is 0.690. The molecule has 8 heavy (non-hydrogen) atoms. The standard InChI is InChI=1S/C3H8O2.C3H8/c1-3(5)2-4;1-3-2/h3-5H,2H2,1H3;3H2,1-2H3. The van der Waals surface area contributed by atoms with E-state index >= 15 is 0 Å². The predicted octanol–water partition coefficient (Wildman–Crippen LogP) is 0.776. The summed E-state index contributed by atoms with van der Waals surface area (Å²) < 4.78 is 0. The fourth-order valence-corrected chi connectivity index (χ4v) is 0. The SMILES string of the molecule is CC(O)CO.CCC. The lowest BCUT2D eigenvalue weighted by Gasteiger charge is -1.90. The van der Waals surface area contributed by atoms with Crippen LogP contribution in [0.5, 0.6) is 0 Å². The first-order chi connectivity index (χ1) is 3.68. The Bertz CT molecular complexity index is 27.7. The highest BCUT2D eigenvalue weighted by molar-refractivity contribution is 4.34. The molecule has 0 fully saturated rings. The maximum Gasteiger partial charge on any atom is 0.0742 e. The molecule has 2 nitrogen and oxygen atoms in total. The Labute approximate surface area is 51.2 Å². The first-order valence-electron chi connectivity index (χ1n) is 2.97. The number of aliphatic hydroxyl groups is 2. The van der Waals surface area contributed by atoms with Gasteiger partial charge in [-0.2, -0.15) is 0 Å². The van der Waals surface area contributed by atoms with E-state index in [0.29, 0.717) is 0 Å². The zero-order valence-corrected chi connectivity index (χ0v) is 5.89. The van der Waals surface area contributed by atoms with Gasteiger partial charge in [0.25, 0.3) is 0 Å². The second kappa shape index (κ2) is 10.0. The van der Waals surface area contributed by atoms with Crippen LogP contribution >= 0.6 is 0 Å². The van der Waals surface area contributed by atoms with E-state index in [1.807, 2.05) is 0 Å². The van der Waals surface area contributed by atoms with Crippen LogP contribution in [0.3, 0.4) is 0 Å². The van der Waals surface area contributed by atoms with Crippen molar-refractivity contribution in [2.75, 3.05) is 6.61 Å². The average molecular weight is 120 g/mol. The van der Waals surface area contributed by atoms with Gasteiger partial charge in [-0.3, -0.25) is 0 Å². The molecule has 0 aliphatic heterocycles. The summed E-state index contributed by atoms with van der Waals surface area (Å²) >= 11 is 0. The minimum atomic E-state index is -0.560. The van der Waals surface area contributed by atoms with Crippen LogP contribution < -0.4 is 0 Å². The molecule has 1 atom stereocenters. The molecular formula is C6H16O2. The molecule has 0 rings (SSSR count). The van der Waals surface area contributed by atoms with Gasteiger partial charge in [0.1, 0.15) is 0 Å². The third-order valence-corrected chi connectivity index (χ3v) is 0.264. The first kappa shape index (κ1) is 10.8. The molecule has 2 heteroatoms. The summed E-state index contributed by atoms with van der Waals surface area (Å²) in [7, 11) is 0. The number of hydrogen-bond donors (Lipinski definition) is 2. The lowest BCUT2D eigenvalue weighted by molar-refractivity contribution is 0.110. The van der Waals surface area contributed by atoms with Crippen molar-refractivity contribution in [1.82, 2.24) is 0 Å². The molecule has 2 N–H and O–H groups in total. The number of aliphatic hydroxyl groups excluding tert-OH is 2. The lowest BCUT2D eigenvalue weighted by Crippen LogP contribution is -2.03. The Hall–Kier alpha value is -0.0800. The molecule has 0 aliphatic rings. The lowest BCUT2D eigenvalue weighted by atomic mass is 10.5. The van der Waals surface area contributed by atoms with Gasteiger partial charge in [-0.15, -0.1) is 0 Å². The van der Waals surface area contributed by atoms with Crippen molar-refractivity contribution in [3.63, 3.8) is 0 Å². The van der Waals surface area contributed by atoms with Gasteiger partial charge < -0.3 is 10.2 Å². The smallest absolute Gasteiger partial charge is 0.0742 e. The van der Waals surface area contributed by atoms with Crippen molar-refractivity contribution in [2.24, 2.45) is 0 Å². The monoisotopic (exact) mass is 120 g/mol. The van der Waals surface area contributed by atoms with Gasteiger partial charge in [0.15, 0.2) is 0 Å². The Kier molecular flexibility index (Phi) is 13.6. The molecule has 0 aromatic carbocycles. The Morgan fingerprint density at radius 2 is 1.50 bits per heavy atom. The van der Waals surface area contributed by atoms with E-state index in [0.717, 1.165) is 0 Å². The van der Waals surface area contributed by atoms with E-state index in [1.165, 1.54) is 13.3 Å². The highest BCUT2D eigenvalue weighted by Crippen LogP contribution is 1.68. The van der Waals surface area contributed by atoms with Gasteiger partial charge in [0.05, 0.1) is 12.7 Å². The first-order valence-corrected chi connectivity index (χ1v) is 2.97. The van der Waals surface area contributed by atoms with Gasteiger partial charge in [-0.1, -0.05) is 20.3 Å². The van der Waals surface area contributed by atoms with Crippen molar-refractivity contribution >= 4 is 0 Å². The van der Waals surface area contributed by atoms with Crippen LogP contribution in [0, 0.1) is 0 Å². The summed E-state index contributed by atoms with van der Waals surface area (Å²) in [5.41, 5.74) is 0. The molecule has 1 unspecified atom stereocenters. The quantitative estimate of drug-likeness (QED) is 0.536. The Balaban J connectivity index is 0. The van der Waals surface area contributed by atoms with Crippen molar-refractivity contribution < 1.29 is 10.2 Å². The summed E-state index contributed by atoms with van der Waals surface area (Å²) in [6.45, 7) is 5.64. The third kappa shape index (κ3) is 38.9. The van der Waals surface area contributed by atoms with E-state index in [-0.39, 0.29) is 6.61 Å². The molecule has 0 bridgehead atoms. The topological polar surface area (TPSA) is 40.5 Å². The maximum absolute atomic E-state index is 8.11. The summed E-state index contributed by atoms with van der Waals surface area (Å²) in [6, 6.07) is 0. The maximum atomic E-state index is 8.11. The zero-order chi connectivity index (χ0) is 6.99. The van der Waals surface area contributed by atoms with E-state index < -0.39 is 6.10 Å². The second-order valence-corrected chi connectivity index (χ2v) is 1.74. The normalized spacial score (nSPS) is 11.6. The predicted molar refractivity (Wildman–Crippen MR) is 34.7 cm³/mol. The highest BCUT2D eigenvalue weighted by atomic mass is 16.3. The molecule has 0 aromatic rings. The van der Waals surface area contributed by atoms with Gasteiger partial charge in [-0.05, 0) is 6.92 Å². The van der Waals surface area contributed by atoms with Crippen molar-refractivity contribution in [3.05, 3.63) is 0 Å². The molecule has 0 aliphatic carbocycles. The average Bonchev–Trinajstić information content (AvgIpc) is 1.69. The van der Waals surface area contributed by atoms with Crippen molar-refractivity contribution in [3.8, 4) is 0 Å². The van der Waals surface area contributed by atoms with E-state index in [4.69, 9.17) is 10.2 Å². The second-order valence-electron chi connectivity index (χ2n) is 1.74. The minimum absolute atomic E-state index is 0.139. The highest BCUT2D eigenvalue weighted by Gasteiger charge is 1.83. The molecular weight excluding hydrogens is 104 g/mol. The summed E-state index contributed by atoms with van der Waals surface area (Å²) in [5.74, 6) is 0. The van der Waals surface area contributed by atoms with E-state index in [1.54, 1.807) is 0 Å². The number of hydrogen-bond acceptors (Lipinski definition) is 2. The van der Waals surface area contributed by atoms with Gasteiger partial charge in [0.2, 0.25) is 0 Å². The van der Waals surface area contributed by atoms with Crippen molar-refractivity contribution in [1.29, 1.82) is 0 Å². The molecule has 0 aromatic heterocycles. The zero-order valence-electron chi connectivity index (χ0n) is 5.89. The molecule has 0 saturated heterocycles. The van der Waals surface area contributed by atoms with E-state index in [9.17, 15) is 0 Å². The van der Waals surface area contributed by atoms with Crippen LogP contribution in [0.2, 0.25) is 0 Å². The Morgan fingerprint density at radius 3 is 1.50 bits per heavy atom. The van der Waals surface area contributed by atoms with Crippen molar-refractivity contribution in [2.45, 2.75) is 33.3 Å².